The zero-order chi connectivity index (χ0) is 19.5. The van der Waals surface area contributed by atoms with E-state index in [0.29, 0.717) is 0 Å². The number of carboxylic acids is 1. The SMILES string of the molecule is O.O.O.O.O=C([O-])[C@H]([O-])[C@@H](O)[C@H](O)[C@H](O)CO.[Cu+2].c1ccc(Nc2ccccn2)nc1. The summed E-state index contributed by atoms with van der Waals surface area (Å²) in [4.78, 5) is 18.2. The Morgan fingerprint density at radius 2 is 1.32 bits per heavy atom. The maximum absolute atomic E-state index is 10.5. The van der Waals surface area contributed by atoms with Gasteiger partial charge in [0.2, 0.25) is 0 Å². The van der Waals surface area contributed by atoms with Gasteiger partial charge in [-0.15, -0.1) is 0 Å². The normalized spacial score (nSPS) is 12.5. The second-order valence-corrected chi connectivity index (χ2v) is 5.03. The predicted octanol–water partition coefficient (Wildman–Crippen LogP) is -6.54. The summed E-state index contributed by atoms with van der Waals surface area (Å²) in [6.07, 6.45) is -5.06. The van der Waals surface area contributed by atoms with Crippen molar-refractivity contribution in [2.75, 3.05) is 11.9 Å². The summed E-state index contributed by atoms with van der Waals surface area (Å²) in [6, 6.07) is 11.4. The van der Waals surface area contributed by atoms with E-state index in [2.05, 4.69) is 15.3 Å². The van der Waals surface area contributed by atoms with Crippen molar-refractivity contribution in [3.8, 4) is 0 Å². The second-order valence-electron chi connectivity index (χ2n) is 5.03. The number of aliphatic hydroxyl groups is 4. The number of hydrogen-bond acceptors (Lipinski definition) is 10. The van der Waals surface area contributed by atoms with Gasteiger partial charge in [-0.3, -0.25) is 0 Å². The molecule has 0 aliphatic rings. The molecule has 2 aromatic heterocycles. The number of aromatic nitrogens is 2. The van der Waals surface area contributed by atoms with Gasteiger partial charge in [0.15, 0.2) is 0 Å². The average Bonchev–Trinajstić information content (AvgIpc) is 2.67. The second kappa shape index (κ2) is 21.0. The van der Waals surface area contributed by atoms with Crippen molar-refractivity contribution in [2.24, 2.45) is 0 Å². The third-order valence-corrected chi connectivity index (χ3v) is 3.06. The van der Waals surface area contributed by atoms with Crippen molar-refractivity contribution in [2.45, 2.75) is 24.4 Å². The number of pyridine rings is 2. The van der Waals surface area contributed by atoms with E-state index in [4.69, 9.17) is 20.4 Å². The van der Waals surface area contributed by atoms with Gasteiger partial charge >= 0.3 is 17.1 Å². The Hall–Kier alpha value is -2.27. The van der Waals surface area contributed by atoms with Gasteiger partial charge in [0.1, 0.15) is 23.8 Å². The number of aliphatic carboxylic acids is 1. The predicted molar refractivity (Wildman–Crippen MR) is 100 cm³/mol. The van der Waals surface area contributed by atoms with E-state index >= 15 is 0 Å². The molecule has 2 heterocycles. The van der Waals surface area contributed by atoms with Crippen LogP contribution in [0, 0.1) is 0 Å². The van der Waals surface area contributed by atoms with E-state index < -0.39 is 37.0 Å². The zero-order valence-corrected chi connectivity index (χ0v) is 16.8. The quantitative estimate of drug-likeness (QED) is 0.223. The molecule has 0 amide bonds. The van der Waals surface area contributed by atoms with Gasteiger partial charge in [0.25, 0.3) is 0 Å². The van der Waals surface area contributed by atoms with Crippen molar-refractivity contribution in [3.63, 3.8) is 0 Å². The number of hydrogen-bond donors (Lipinski definition) is 5. The first-order valence-corrected chi connectivity index (χ1v) is 7.47. The minimum Gasteiger partial charge on any atom is -0.846 e. The third-order valence-electron chi connectivity index (χ3n) is 3.06. The number of nitrogens with zero attached hydrogens (tertiary/aromatic N) is 2. The summed E-state index contributed by atoms with van der Waals surface area (Å²) in [5.74, 6) is -0.473. The molecule has 31 heavy (non-hydrogen) atoms. The summed E-state index contributed by atoms with van der Waals surface area (Å²) < 4.78 is 0. The summed E-state index contributed by atoms with van der Waals surface area (Å²) in [5.41, 5.74) is 0. The smallest absolute Gasteiger partial charge is 0.846 e. The molecule has 13 N–H and O–H groups in total. The van der Waals surface area contributed by atoms with Crippen LogP contribution in [0.2, 0.25) is 0 Å². The van der Waals surface area contributed by atoms with Crippen LogP contribution in [-0.2, 0) is 21.9 Å². The summed E-state index contributed by atoms with van der Waals surface area (Å²) in [5, 5.41) is 58.2. The van der Waals surface area contributed by atoms with Crippen LogP contribution in [0.25, 0.3) is 0 Å². The minimum absolute atomic E-state index is 0. The fourth-order valence-corrected chi connectivity index (χ4v) is 1.66. The van der Waals surface area contributed by atoms with Gasteiger partial charge in [-0.05, 0) is 24.3 Å². The zero-order valence-electron chi connectivity index (χ0n) is 15.8. The molecule has 0 aliphatic heterocycles. The van der Waals surface area contributed by atoms with E-state index in [1.54, 1.807) is 12.4 Å². The van der Waals surface area contributed by atoms with Crippen LogP contribution in [0.3, 0.4) is 0 Å². The van der Waals surface area contributed by atoms with Gasteiger partial charge in [0, 0.05) is 18.4 Å². The largest absolute Gasteiger partial charge is 2.00 e. The number of carbonyl (C=O) groups excluding carboxylic acids is 1. The molecule has 183 valence electrons. The Morgan fingerprint density at radius 3 is 1.61 bits per heavy atom. The van der Waals surface area contributed by atoms with Crippen molar-refractivity contribution in [1.82, 2.24) is 9.97 Å². The van der Waals surface area contributed by atoms with Gasteiger partial charge in [-0.1, -0.05) is 18.2 Å². The molecule has 0 saturated carbocycles. The van der Waals surface area contributed by atoms with E-state index in [1.165, 1.54) is 0 Å². The Balaban J connectivity index is -0.000000125. The minimum atomic E-state index is -2.56. The van der Waals surface area contributed by atoms with Crippen molar-refractivity contribution < 1.29 is 74.4 Å². The van der Waals surface area contributed by atoms with Crippen LogP contribution < -0.4 is 15.5 Å². The number of aliphatic hydroxyl groups excluding tert-OH is 4. The van der Waals surface area contributed by atoms with Gasteiger partial charge < -0.3 is 62.7 Å². The number of nitrogens with one attached hydrogen (secondary N) is 1. The van der Waals surface area contributed by atoms with Crippen molar-refractivity contribution >= 4 is 17.6 Å². The third kappa shape index (κ3) is 14.4. The molecule has 0 aromatic carbocycles. The van der Waals surface area contributed by atoms with Gasteiger partial charge in [-0.2, -0.15) is 0 Å². The Kier molecular flexibility index (Phi) is 26.6. The number of carbonyl (C=O) groups is 1. The molecular weight excluding hydrogens is 474 g/mol. The molecule has 0 unspecified atom stereocenters. The first-order valence-electron chi connectivity index (χ1n) is 7.47. The van der Waals surface area contributed by atoms with Gasteiger partial charge in [-0.25, -0.2) is 9.97 Å². The Bertz CT molecular complexity index is 620. The molecule has 14 nitrogen and oxygen atoms in total. The maximum atomic E-state index is 10.5. The maximum Gasteiger partial charge on any atom is 2.00 e. The molecule has 0 fully saturated rings. The summed E-state index contributed by atoms with van der Waals surface area (Å²) in [7, 11) is 0. The molecule has 15 heteroatoms. The number of rotatable bonds is 7. The molecule has 2 rings (SSSR count). The van der Waals surface area contributed by atoms with E-state index in [0.717, 1.165) is 11.6 Å². The fourth-order valence-electron chi connectivity index (χ4n) is 1.66. The fraction of sp³-hybridized carbons (Fsp3) is 0.312. The number of carboxylic acid groups (broad SMARTS) is 1. The number of anilines is 2. The molecule has 0 spiro atoms. The molecular formula is C16H27CuN3O11. The Labute approximate surface area is 187 Å². The van der Waals surface area contributed by atoms with E-state index in [1.807, 2.05) is 36.4 Å². The van der Waals surface area contributed by atoms with Gasteiger partial charge in [0.05, 0.1) is 12.7 Å². The Morgan fingerprint density at radius 1 is 0.903 bits per heavy atom. The topological polar surface area (TPSA) is 308 Å². The molecule has 4 atom stereocenters. The first-order chi connectivity index (χ1) is 12.4. The molecule has 1 radical (unpaired) electrons. The summed E-state index contributed by atoms with van der Waals surface area (Å²) in [6.45, 7) is -0.891. The van der Waals surface area contributed by atoms with Crippen LogP contribution in [0.15, 0.2) is 48.8 Å². The first kappa shape index (κ1) is 39.2. The molecule has 0 bridgehead atoms. The monoisotopic (exact) mass is 500 g/mol. The van der Waals surface area contributed by atoms with Crippen LogP contribution in [0.1, 0.15) is 0 Å². The molecule has 0 aliphatic carbocycles. The summed E-state index contributed by atoms with van der Waals surface area (Å²) >= 11 is 0. The van der Waals surface area contributed by atoms with Crippen LogP contribution in [0.4, 0.5) is 11.6 Å². The van der Waals surface area contributed by atoms with Crippen LogP contribution in [-0.4, -0.2) is 89.3 Å². The molecule has 0 saturated heterocycles. The van der Waals surface area contributed by atoms with E-state index in [-0.39, 0.29) is 39.0 Å². The van der Waals surface area contributed by atoms with Crippen molar-refractivity contribution in [1.29, 1.82) is 0 Å². The van der Waals surface area contributed by atoms with E-state index in [9.17, 15) is 15.0 Å². The van der Waals surface area contributed by atoms with Crippen LogP contribution in [0.5, 0.6) is 0 Å². The average molecular weight is 501 g/mol. The van der Waals surface area contributed by atoms with Crippen molar-refractivity contribution in [3.05, 3.63) is 48.8 Å². The standard InChI is InChI=1S/C10H9N3.C6H11O7.Cu.4H2O/c1-3-7-11-9(5-1)13-10-6-2-4-8-12-10;7-1-2(8)3(9)4(10)5(11)6(12)13;;;;;/h1-8H,(H,11,12,13);2-5,7-10H,1H2,(H,12,13);;4*1H2/q;-1;+2;;;;/p-1/t;2-,3-,4+,5-;;;;;/m.1...../s1. The molecule has 2 aromatic rings. The van der Waals surface area contributed by atoms with Crippen LogP contribution >= 0.6 is 0 Å².